The number of benzene rings is 2. The van der Waals surface area contributed by atoms with Crippen LogP contribution in [0.2, 0.25) is 0 Å². The lowest BCUT2D eigenvalue weighted by Crippen LogP contribution is -2.33. The number of hydrogen-bond donors (Lipinski definition) is 1. The van der Waals surface area contributed by atoms with E-state index in [1.54, 1.807) is 32.9 Å². The molecule has 1 fully saturated rings. The van der Waals surface area contributed by atoms with E-state index < -0.39 is 42.7 Å². The molecular formula is C26H30FN3O6S2. The molecule has 2 heterocycles. The Labute approximate surface area is 222 Å². The van der Waals surface area contributed by atoms with Crippen molar-refractivity contribution >= 4 is 26.0 Å². The van der Waals surface area contributed by atoms with Crippen molar-refractivity contribution in [3.05, 3.63) is 77.7 Å². The molecule has 204 valence electrons. The minimum Gasteiger partial charge on any atom is -0.444 e. The second kappa shape index (κ2) is 10.2. The second-order valence-corrected chi connectivity index (χ2v) is 14.1. The largest absolute Gasteiger partial charge is 0.444 e. The number of carbonyl (C=O) groups is 1. The Morgan fingerprint density at radius 1 is 1.16 bits per heavy atom. The van der Waals surface area contributed by atoms with Crippen molar-refractivity contribution in [2.24, 2.45) is 0 Å². The smallest absolute Gasteiger partial charge is 0.410 e. The number of ether oxygens (including phenoxy) is 1. The van der Waals surface area contributed by atoms with Crippen molar-refractivity contribution in [3.63, 3.8) is 0 Å². The summed E-state index contributed by atoms with van der Waals surface area (Å²) in [6.45, 7) is 5.48. The lowest BCUT2D eigenvalue weighted by Gasteiger charge is -2.24. The van der Waals surface area contributed by atoms with Crippen LogP contribution in [0, 0.1) is 5.82 Å². The average molecular weight is 564 g/mol. The predicted molar refractivity (Wildman–Crippen MR) is 141 cm³/mol. The Bertz CT molecular complexity index is 1580. The summed E-state index contributed by atoms with van der Waals surface area (Å²) in [4.78, 5) is 13.6. The van der Waals surface area contributed by atoms with Crippen LogP contribution in [0.25, 0.3) is 11.3 Å². The summed E-state index contributed by atoms with van der Waals surface area (Å²) in [6, 6.07) is 13.0. The minimum absolute atomic E-state index is 0.00314. The minimum atomic E-state index is -4.30. The first-order valence-corrected chi connectivity index (χ1v) is 15.1. The summed E-state index contributed by atoms with van der Waals surface area (Å²) in [6.07, 6.45) is 0.730. The van der Waals surface area contributed by atoms with Crippen molar-refractivity contribution in [1.82, 2.24) is 14.2 Å². The number of nitrogens with zero attached hydrogens (tertiary/aromatic N) is 2. The molecule has 0 bridgehead atoms. The van der Waals surface area contributed by atoms with Crippen molar-refractivity contribution in [1.29, 1.82) is 0 Å². The lowest BCUT2D eigenvalue weighted by molar-refractivity contribution is 0.0285. The Morgan fingerprint density at radius 2 is 1.87 bits per heavy atom. The molecule has 1 unspecified atom stereocenters. The van der Waals surface area contributed by atoms with Crippen LogP contribution in [0.15, 0.2) is 65.7 Å². The molecule has 1 aliphatic heterocycles. The van der Waals surface area contributed by atoms with Gasteiger partial charge < -0.3 is 9.64 Å². The van der Waals surface area contributed by atoms with Gasteiger partial charge in [0.05, 0.1) is 22.9 Å². The van der Waals surface area contributed by atoms with Crippen LogP contribution in [0.4, 0.5) is 9.18 Å². The van der Waals surface area contributed by atoms with Crippen LogP contribution in [0.1, 0.15) is 37.3 Å². The van der Waals surface area contributed by atoms with Crippen molar-refractivity contribution in [3.8, 4) is 11.3 Å². The molecule has 3 aromatic rings. The van der Waals surface area contributed by atoms with E-state index >= 15 is 0 Å². The van der Waals surface area contributed by atoms with Gasteiger partial charge in [-0.1, -0.05) is 24.3 Å². The third kappa shape index (κ3) is 5.77. The van der Waals surface area contributed by atoms with Gasteiger partial charge in [0.2, 0.25) is 0 Å². The van der Waals surface area contributed by atoms with E-state index in [-0.39, 0.29) is 35.0 Å². The summed E-state index contributed by atoms with van der Waals surface area (Å²) in [5.74, 6) is -0.665. The van der Waals surface area contributed by atoms with Crippen LogP contribution in [0.3, 0.4) is 0 Å². The molecule has 0 aliphatic carbocycles. The SMILES string of the molecule is CN(Cc1cc(-c2ccccc2F)n(S(=O)(=O)c2cccc(C3NCCS3(=O)=O)c2)c1)C(=O)OC(C)(C)C. The highest BCUT2D eigenvalue weighted by Crippen LogP contribution is 2.31. The van der Waals surface area contributed by atoms with E-state index in [0.29, 0.717) is 11.1 Å². The molecule has 1 aromatic heterocycles. The standard InChI is InChI=1S/C26H30FN3O6S2/c1-26(2,3)36-25(31)29(4)16-18-14-23(21-10-5-6-11-22(21)27)30(17-18)38(34,35)20-9-7-8-19(15-20)24-28-12-13-37(24,32)33/h5-11,14-15,17,24,28H,12-13,16H2,1-4H3. The summed E-state index contributed by atoms with van der Waals surface area (Å²) in [5, 5.41) is 1.88. The van der Waals surface area contributed by atoms with Crippen LogP contribution >= 0.6 is 0 Å². The van der Waals surface area contributed by atoms with Gasteiger partial charge in [-0.25, -0.2) is 30.0 Å². The molecule has 1 aliphatic rings. The second-order valence-electron chi connectivity index (χ2n) is 10.1. The maximum absolute atomic E-state index is 14.8. The van der Waals surface area contributed by atoms with E-state index in [1.807, 2.05) is 0 Å². The zero-order chi connectivity index (χ0) is 27.9. The fourth-order valence-corrected chi connectivity index (χ4v) is 7.20. The first kappa shape index (κ1) is 27.8. The van der Waals surface area contributed by atoms with E-state index in [2.05, 4.69) is 5.32 Å². The highest BCUT2D eigenvalue weighted by Gasteiger charge is 2.33. The summed E-state index contributed by atoms with van der Waals surface area (Å²) >= 11 is 0. The van der Waals surface area contributed by atoms with Gasteiger partial charge in [0.15, 0.2) is 9.84 Å². The van der Waals surface area contributed by atoms with Gasteiger partial charge in [-0.2, -0.15) is 0 Å². The Hall–Kier alpha value is -3.22. The topological polar surface area (TPSA) is 115 Å². The molecule has 2 aromatic carbocycles. The fourth-order valence-electron chi connectivity index (χ4n) is 4.18. The maximum Gasteiger partial charge on any atom is 0.410 e. The molecule has 1 N–H and O–H groups in total. The number of carbonyl (C=O) groups excluding carboxylic acids is 1. The first-order chi connectivity index (χ1) is 17.7. The van der Waals surface area contributed by atoms with E-state index in [4.69, 9.17) is 4.74 Å². The lowest BCUT2D eigenvalue weighted by atomic mass is 10.1. The number of hydrogen-bond acceptors (Lipinski definition) is 7. The number of aromatic nitrogens is 1. The third-order valence-corrected chi connectivity index (χ3v) is 9.51. The fraction of sp³-hybridized carbons (Fsp3) is 0.346. The quantitative estimate of drug-likeness (QED) is 0.484. The first-order valence-electron chi connectivity index (χ1n) is 11.9. The van der Waals surface area contributed by atoms with Crippen LogP contribution in [0.5, 0.6) is 0 Å². The molecule has 0 saturated carbocycles. The van der Waals surface area contributed by atoms with Crippen LogP contribution in [-0.4, -0.2) is 56.7 Å². The molecular weight excluding hydrogens is 533 g/mol. The highest BCUT2D eigenvalue weighted by molar-refractivity contribution is 7.92. The number of amides is 1. The Balaban J connectivity index is 1.77. The molecule has 9 nitrogen and oxygen atoms in total. The third-order valence-electron chi connectivity index (χ3n) is 5.91. The van der Waals surface area contributed by atoms with Gasteiger partial charge in [-0.3, -0.25) is 5.32 Å². The molecule has 12 heteroatoms. The van der Waals surface area contributed by atoms with Gasteiger partial charge >= 0.3 is 6.09 Å². The monoisotopic (exact) mass is 563 g/mol. The van der Waals surface area contributed by atoms with Crippen molar-refractivity contribution in [2.45, 2.75) is 43.2 Å². The summed E-state index contributed by atoms with van der Waals surface area (Å²) < 4.78 is 73.7. The van der Waals surface area contributed by atoms with Gasteiger partial charge in [-0.05, 0) is 62.2 Å². The van der Waals surface area contributed by atoms with Crippen molar-refractivity contribution < 1.29 is 30.8 Å². The van der Waals surface area contributed by atoms with Gasteiger partial charge in [-0.15, -0.1) is 0 Å². The van der Waals surface area contributed by atoms with E-state index in [9.17, 15) is 26.0 Å². The normalized spacial score (nSPS) is 17.3. The van der Waals surface area contributed by atoms with Gasteiger partial charge in [0, 0.05) is 25.4 Å². The molecule has 0 radical (unpaired) electrons. The number of halogens is 1. The molecule has 0 spiro atoms. The highest BCUT2D eigenvalue weighted by atomic mass is 32.2. The molecule has 4 rings (SSSR count). The van der Waals surface area contributed by atoms with E-state index in [1.165, 1.54) is 60.6 Å². The molecule has 1 atom stereocenters. The molecule has 1 saturated heterocycles. The van der Waals surface area contributed by atoms with Gasteiger partial charge in [0.1, 0.15) is 16.8 Å². The van der Waals surface area contributed by atoms with E-state index in [0.717, 1.165) is 3.97 Å². The summed E-state index contributed by atoms with van der Waals surface area (Å²) in [5.41, 5.74) is 0.126. The zero-order valence-electron chi connectivity index (χ0n) is 21.5. The average Bonchev–Trinajstić information content (AvgIpc) is 3.41. The molecule has 1 amide bonds. The summed E-state index contributed by atoms with van der Waals surface area (Å²) in [7, 11) is -6.25. The van der Waals surface area contributed by atoms with Crippen LogP contribution < -0.4 is 5.32 Å². The zero-order valence-corrected chi connectivity index (χ0v) is 23.1. The van der Waals surface area contributed by atoms with Crippen molar-refractivity contribution in [2.75, 3.05) is 19.3 Å². The maximum atomic E-state index is 14.8. The Kier molecular flexibility index (Phi) is 7.43. The molecule has 38 heavy (non-hydrogen) atoms. The van der Waals surface area contributed by atoms with Gasteiger partial charge in [0.25, 0.3) is 10.0 Å². The van der Waals surface area contributed by atoms with Crippen LogP contribution in [-0.2, 0) is 31.1 Å². The number of rotatable bonds is 6. The number of nitrogens with one attached hydrogen (secondary N) is 1. The number of sulfone groups is 1. The predicted octanol–water partition coefficient (Wildman–Crippen LogP) is 3.91. The Morgan fingerprint density at radius 3 is 2.50 bits per heavy atom.